The van der Waals surface area contributed by atoms with E-state index in [0.29, 0.717) is 10.7 Å². The number of hydrogen-bond acceptors (Lipinski definition) is 13. The highest BCUT2D eigenvalue weighted by molar-refractivity contribution is 8.06. The molecule has 32 heavy (non-hydrogen) atoms. The fraction of sp³-hybridized carbons (Fsp3) is 0.333. The van der Waals surface area contributed by atoms with Gasteiger partial charge in [0.1, 0.15) is 27.1 Å². The van der Waals surface area contributed by atoms with Crippen molar-refractivity contribution < 1.29 is 24.0 Å². The fourth-order valence-electron chi connectivity index (χ4n) is 3.05. The zero-order valence-electron chi connectivity index (χ0n) is 15.8. The number of aryl methyl sites for hydroxylation is 1. The second kappa shape index (κ2) is 8.68. The molecule has 2 aliphatic heterocycles. The molecule has 4 N–H and O–H groups in total. The van der Waals surface area contributed by atoms with Gasteiger partial charge in [0.15, 0.2) is 11.0 Å². The third kappa shape index (κ3) is 3.94. The molecule has 168 valence electrons. The number of carboxylic acids is 1. The van der Waals surface area contributed by atoms with Crippen molar-refractivity contribution in [2.45, 2.75) is 29.6 Å². The zero-order valence-corrected chi connectivity index (χ0v) is 19.0. The highest BCUT2D eigenvalue weighted by atomic mass is 35.5. The van der Waals surface area contributed by atoms with E-state index in [1.54, 1.807) is 6.92 Å². The van der Waals surface area contributed by atoms with Crippen molar-refractivity contribution in [3.05, 3.63) is 31.4 Å². The predicted molar refractivity (Wildman–Crippen MR) is 115 cm³/mol. The number of nitrogens with one attached hydrogen (secondary N) is 1. The van der Waals surface area contributed by atoms with E-state index in [1.807, 2.05) is 0 Å². The van der Waals surface area contributed by atoms with E-state index in [2.05, 4.69) is 25.6 Å². The summed E-state index contributed by atoms with van der Waals surface area (Å²) in [5.74, 6) is -2.26. The highest BCUT2D eigenvalue weighted by Gasteiger charge is 2.55. The van der Waals surface area contributed by atoms with Gasteiger partial charge in [-0.25, -0.2) is 9.78 Å². The van der Waals surface area contributed by atoms with Gasteiger partial charge < -0.3 is 20.7 Å². The summed E-state index contributed by atoms with van der Waals surface area (Å²) in [4.78, 5) is 57.8. The number of nitrogen functional groups attached to an aromatic ring is 1. The summed E-state index contributed by atoms with van der Waals surface area (Å²) < 4.78 is 5.04. The Morgan fingerprint density at radius 1 is 1.47 bits per heavy atom. The summed E-state index contributed by atoms with van der Waals surface area (Å²) in [6, 6.07) is -2.66. The van der Waals surface area contributed by atoms with Gasteiger partial charge in [-0.1, -0.05) is 28.1 Å². The monoisotopic (exact) mass is 517 g/mol. The van der Waals surface area contributed by atoms with Crippen molar-refractivity contribution in [1.29, 1.82) is 0 Å². The Morgan fingerprint density at radius 3 is 2.78 bits per heavy atom. The summed E-state index contributed by atoms with van der Waals surface area (Å²) >= 11 is 9.02. The largest absolute Gasteiger partial charge is 0.477 e. The number of carbonyl (C=O) groups excluding carboxylic acids is 2. The molecule has 0 bridgehead atoms. The molecular weight excluding hydrogens is 506 g/mol. The van der Waals surface area contributed by atoms with E-state index >= 15 is 0 Å². The van der Waals surface area contributed by atoms with Crippen LogP contribution < -0.4 is 11.1 Å². The molecule has 2 unspecified atom stereocenters. The van der Waals surface area contributed by atoms with Gasteiger partial charge in [0.2, 0.25) is 6.04 Å². The number of fused-ring (bicyclic) bond motifs is 1. The quantitative estimate of drug-likeness (QED) is 0.353. The second-order valence-corrected chi connectivity index (χ2v) is 10.2. The van der Waals surface area contributed by atoms with E-state index in [9.17, 15) is 24.4 Å². The molecule has 3 atom stereocenters. The molecule has 4 heterocycles. The van der Waals surface area contributed by atoms with Crippen LogP contribution in [-0.4, -0.2) is 60.1 Å². The van der Waals surface area contributed by atoms with Gasteiger partial charge in [0, 0.05) is 10.7 Å². The number of β-lactam (4-membered cyclic amide) rings is 1. The van der Waals surface area contributed by atoms with Crippen LogP contribution >= 0.6 is 46.5 Å². The van der Waals surface area contributed by atoms with E-state index in [0.717, 1.165) is 28.0 Å². The highest BCUT2D eigenvalue weighted by Crippen LogP contribution is 2.45. The van der Waals surface area contributed by atoms with Gasteiger partial charge in [-0.05, 0) is 23.9 Å². The molecule has 0 spiro atoms. The van der Waals surface area contributed by atoms with Crippen LogP contribution in [0.5, 0.6) is 0 Å². The van der Waals surface area contributed by atoms with Crippen molar-refractivity contribution in [2.75, 3.05) is 11.5 Å². The summed E-state index contributed by atoms with van der Waals surface area (Å²) in [6.45, 7) is 1.62. The lowest BCUT2D eigenvalue weighted by Gasteiger charge is -2.49. The number of nitrogens with two attached hydrogens (primary N) is 1. The van der Waals surface area contributed by atoms with Crippen LogP contribution in [0.4, 0.5) is 5.13 Å². The Morgan fingerprint density at radius 2 is 2.22 bits per heavy atom. The minimum Gasteiger partial charge on any atom is -0.477 e. The van der Waals surface area contributed by atoms with Gasteiger partial charge in [0.25, 0.3) is 17.0 Å². The molecule has 4 rings (SSSR count). The third-order valence-electron chi connectivity index (χ3n) is 4.39. The van der Waals surface area contributed by atoms with Crippen LogP contribution in [0.3, 0.4) is 0 Å². The summed E-state index contributed by atoms with van der Waals surface area (Å²) in [6.07, 6.45) is 0. The molecule has 0 aromatic carbocycles. The maximum atomic E-state index is 12.7. The number of nitroso groups, excluding NO2 is 1. The number of hydrogen-bond donors (Lipinski definition) is 3. The number of rotatable bonds is 7. The average Bonchev–Trinajstić information content (AvgIpc) is 3.30. The van der Waals surface area contributed by atoms with Crippen LogP contribution in [0.25, 0.3) is 0 Å². The van der Waals surface area contributed by atoms with E-state index < -0.39 is 35.2 Å². The number of carboxylic acid groups (broad SMARTS) is 1. The minimum absolute atomic E-state index is 0.0323. The third-order valence-corrected chi connectivity index (χ3v) is 7.89. The number of amides is 2. The predicted octanol–water partition coefficient (Wildman–Crippen LogP) is 1.37. The van der Waals surface area contributed by atoms with Crippen LogP contribution in [0.15, 0.2) is 25.5 Å². The van der Waals surface area contributed by atoms with Crippen molar-refractivity contribution in [3.8, 4) is 0 Å². The SMILES string of the molecule is Cc1noc(SC2=C(C(=O)O)N3C(=O)[C@@H](NC(=O)C(N=O)c4nc(N)sc4Cl)C3SC2)n1. The Hall–Kier alpha value is -2.69. The van der Waals surface area contributed by atoms with Gasteiger partial charge in [-0.2, -0.15) is 4.98 Å². The molecule has 1 fully saturated rings. The summed E-state index contributed by atoms with van der Waals surface area (Å²) in [5, 5.41) is 18.0. The zero-order chi connectivity index (χ0) is 23.2. The van der Waals surface area contributed by atoms with Crippen LogP contribution in [0, 0.1) is 11.8 Å². The Balaban J connectivity index is 1.52. The van der Waals surface area contributed by atoms with Crippen LogP contribution in [0.2, 0.25) is 4.34 Å². The van der Waals surface area contributed by atoms with Crippen molar-refractivity contribution in [3.63, 3.8) is 0 Å². The Labute approximate surface area is 196 Å². The summed E-state index contributed by atoms with van der Waals surface area (Å²) in [7, 11) is 0. The molecule has 1 saturated heterocycles. The molecule has 2 aromatic rings. The van der Waals surface area contributed by atoms with Crippen LogP contribution in [-0.2, 0) is 14.4 Å². The van der Waals surface area contributed by atoms with Gasteiger partial charge in [-0.15, -0.1) is 16.7 Å². The standard InChI is InChI=1S/C15H12ClN7O6S3/c1-3-18-15(29-22-3)31-4-2-30-12-7(11(25)23(12)8(4)13(26)27)19-10(24)6(21-28)5-9(16)32-14(17)20-5/h6-7,12H,2H2,1H3,(H2,17,20)(H,19,24)(H,26,27)/t6?,7-,12?/m1/s1. The fourth-order valence-corrected chi connectivity index (χ4v) is 6.40. The number of aliphatic carboxylic acids is 1. The molecule has 2 aromatic heterocycles. The number of thiazole rings is 1. The molecule has 0 radical (unpaired) electrons. The second-order valence-electron chi connectivity index (χ2n) is 6.40. The molecule has 13 nitrogen and oxygen atoms in total. The summed E-state index contributed by atoms with van der Waals surface area (Å²) in [5.41, 5.74) is 5.20. The maximum Gasteiger partial charge on any atom is 0.353 e. The van der Waals surface area contributed by atoms with Gasteiger partial charge >= 0.3 is 5.97 Å². The first-order chi connectivity index (χ1) is 15.2. The number of nitrogens with zero attached hydrogens (tertiary/aromatic N) is 5. The lowest BCUT2D eigenvalue weighted by molar-refractivity contribution is -0.150. The topological polar surface area (TPSA) is 194 Å². The average molecular weight is 518 g/mol. The number of carbonyl (C=O) groups is 3. The minimum atomic E-state index is -1.60. The Bertz CT molecular complexity index is 1170. The van der Waals surface area contributed by atoms with E-state index in [4.69, 9.17) is 21.9 Å². The number of aromatic nitrogens is 3. The molecule has 17 heteroatoms. The lowest BCUT2D eigenvalue weighted by atomic mass is 10.0. The number of thioether (sulfide) groups is 2. The van der Waals surface area contributed by atoms with E-state index in [-0.39, 0.29) is 31.8 Å². The van der Waals surface area contributed by atoms with Gasteiger partial charge in [0.05, 0.1) is 0 Å². The van der Waals surface area contributed by atoms with E-state index in [1.165, 1.54) is 11.8 Å². The maximum absolute atomic E-state index is 12.7. The Kier molecular flexibility index (Phi) is 6.11. The van der Waals surface area contributed by atoms with Crippen molar-refractivity contribution in [1.82, 2.24) is 25.3 Å². The van der Waals surface area contributed by atoms with Crippen molar-refractivity contribution in [2.24, 2.45) is 5.18 Å². The normalized spacial score (nSPS) is 21.1. The molecular formula is C15H12ClN7O6S3. The first-order valence-corrected chi connectivity index (χ1v) is 11.7. The molecule has 0 saturated carbocycles. The first-order valence-electron chi connectivity index (χ1n) is 8.65. The van der Waals surface area contributed by atoms with Gasteiger partial charge in [-0.3, -0.25) is 14.5 Å². The molecule has 2 aliphatic rings. The lowest BCUT2D eigenvalue weighted by Crippen LogP contribution is -2.70. The van der Waals surface area contributed by atoms with Crippen molar-refractivity contribution >= 4 is 69.4 Å². The molecule has 0 aliphatic carbocycles. The number of halogens is 1. The first kappa shape index (κ1) is 22.5. The van der Waals surface area contributed by atoms with Crippen LogP contribution in [0.1, 0.15) is 17.6 Å². The smallest absolute Gasteiger partial charge is 0.353 e. The number of anilines is 1. The molecule has 2 amide bonds.